The van der Waals surface area contributed by atoms with Gasteiger partial charge in [-0.2, -0.15) is 4.99 Å². The molecule has 3 aromatic rings. The van der Waals surface area contributed by atoms with Gasteiger partial charge in [0, 0.05) is 41.2 Å². The van der Waals surface area contributed by atoms with Crippen molar-refractivity contribution in [2.24, 2.45) is 4.99 Å². The molecule has 0 aliphatic carbocycles. The first kappa shape index (κ1) is 19.4. The summed E-state index contributed by atoms with van der Waals surface area (Å²) in [5, 5.41) is 4.13. The van der Waals surface area contributed by atoms with E-state index in [2.05, 4.69) is 10.3 Å². The van der Waals surface area contributed by atoms with Crippen LogP contribution < -0.4 is 5.32 Å². The molecule has 29 heavy (non-hydrogen) atoms. The van der Waals surface area contributed by atoms with Crippen molar-refractivity contribution in [2.45, 2.75) is 13.5 Å². The van der Waals surface area contributed by atoms with E-state index in [0.717, 1.165) is 33.8 Å². The number of halogens is 2. The van der Waals surface area contributed by atoms with Crippen LogP contribution in [0, 0.1) is 5.82 Å². The highest BCUT2D eigenvalue weighted by molar-refractivity contribution is 8.18. The molecule has 2 amide bonds. The number of nitrogens with one attached hydrogen (secondary N) is 1. The molecule has 1 aliphatic rings. The lowest BCUT2D eigenvalue weighted by Gasteiger charge is -2.07. The highest BCUT2D eigenvalue weighted by Gasteiger charge is 2.23. The lowest BCUT2D eigenvalue weighted by atomic mass is 10.1. The number of hydrogen-bond acceptors (Lipinski definition) is 3. The molecule has 1 aliphatic heterocycles. The molecular weight excluding hydrogens is 413 g/mol. The minimum absolute atomic E-state index is 0.274. The summed E-state index contributed by atoms with van der Waals surface area (Å²) >= 11 is 7.31. The second kappa shape index (κ2) is 7.85. The van der Waals surface area contributed by atoms with Crippen LogP contribution in [0.25, 0.3) is 17.0 Å². The Balaban J connectivity index is 1.70. The van der Waals surface area contributed by atoms with Gasteiger partial charge in [-0.05, 0) is 41.6 Å². The molecule has 0 spiro atoms. The second-order valence-electron chi connectivity index (χ2n) is 6.48. The summed E-state index contributed by atoms with van der Waals surface area (Å²) in [7, 11) is 0. The zero-order valence-corrected chi connectivity index (χ0v) is 16.9. The lowest BCUT2D eigenvalue weighted by molar-refractivity contribution is -0.117. The smallest absolute Gasteiger partial charge is 0.286 e. The van der Waals surface area contributed by atoms with E-state index in [4.69, 9.17) is 11.6 Å². The van der Waals surface area contributed by atoms with Crippen LogP contribution in [0.2, 0.25) is 5.02 Å². The van der Waals surface area contributed by atoms with Crippen LogP contribution >= 0.6 is 23.4 Å². The van der Waals surface area contributed by atoms with Crippen LogP contribution in [0.5, 0.6) is 0 Å². The van der Waals surface area contributed by atoms with Gasteiger partial charge in [-0.15, -0.1) is 0 Å². The Morgan fingerprint density at radius 1 is 1.31 bits per heavy atom. The Kier molecular flexibility index (Phi) is 5.25. The predicted octanol–water partition coefficient (Wildman–Crippen LogP) is 4.59. The fourth-order valence-electron chi connectivity index (χ4n) is 3.11. The third-order valence-electron chi connectivity index (χ3n) is 4.37. The van der Waals surface area contributed by atoms with Crippen molar-refractivity contribution in [3.05, 3.63) is 75.5 Å². The number of para-hydroxylation sites is 1. The summed E-state index contributed by atoms with van der Waals surface area (Å²) in [6, 6.07) is 12.1. The molecule has 0 bridgehead atoms. The quantitative estimate of drug-likeness (QED) is 0.622. The number of fused-ring (bicyclic) bond motifs is 1. The number of thioether (sulfide) groups is 1. The maximum atomic E-state index is 13.3. The number of benzene rings is 2. The number of rotatable bonds is 3. The first-order valence-electron chi connectivity index (χ1n) is 8.72. The third kappa shape index (κ3) is 4.11. The zero-order valence-electron chi connectivity index (χ0n) is 15.3. The van der Waals surface area contributed by atoms with Crippen LogP contribution in [0.1, 0.15) is 18.1 Å². The number of aromatic nitrogens is 1. The number of amidine groups is 1. The topological polar surface area (TPSA) is 63.5 Å². The molecule has 1 N–H and O–H groups in total. The van der Waals surface area contributed by atoms with Gasteiger partial charge in [0.2, 0.25) is 5.91 Å². The van der Waals surface area contributed by atoms with Gasteiger partial charge in [-0.3, -0.25) is 9.59 Å². The molecule has 146 valence electrons. The van der Waals surface area contributed by atoms with E-state index < -0.39 is 5.91 Å². The van der Waals surface area contributed by atoms with Gasteiger partial charge in [-0.1, -0.05) is 35.9 Å². The lowest BCUT2D eigenvalue weighted by Crippen LogP contribution is -2.23. The van der Waals surface area contributed by atoms with Crippen molar-refractivity contribution in [1.29, 1.82) is 0 Å². The van der Waals surface area contributed by atoms with Crippen molar-refractivity contribution >= 4 is 57.3 Å². The average molecular weight is 428 g/mol. The minimum Gasteiger partial charge on any atom is -0.342 e. The van der Waals surface area contributed by atoms with Crippen molar-refractivity contribution in [1.82, 2.24) is 9.88 Å². The molecule has 0 saturated heterocycles. The van der Waals surface area contributed by atoms with Crippen molar-refractivity contribution < 1.29 is 14.0 Å². The Bertz CT molecular complexity index is 1220. The van der Waals surface area contributed by atoms with E-state index in [0.29, 0.717) is 16.5 Å². The molecule has 4 rings (SSSR count). The normalized spacial score (nSPS) is 15.2. The summed E-state index contributed by atoms with van der Waals surface area (Å²) in [5.41, 5.74) is 2.59. The van der Waals surface area contributed by atoms with Crippen LogP contribution in [-0.2, 0) is 16.1 Å². The van der Waals surface area contributed by atoms with Gasteiger partial charge < -0.3 is 9.88 Å². The van der Waals surface area contributed by atoms with Crippen LogP contribution in [0.3, 0.4) is 0 Å². The summed E-state index contributed by atoms with van der Waals surface area (Å²) in [6.07, 6.45) is 3.68. The number of carbonyl (C=O) groups is 2. The summed E-state index contributed by atoms with van der Waals surface area (Å²) in [5.74, 6) is -1.05. The molecule has 0 radical (unpaired) electrons. The minimum atomic E-state index is -0.392. The molecule has 0 atom stereocenters. The highest BCUT2D eigenvalue weighted by Crippen LogP contribution is 2.31. The first-order valence-corrected chi connectivity index (χ1v) is 9.92. The van der Waals surface area contributed by atoms with Gasteiger partial charge in [0.1, 0.15) is 5.82 Å². The van der Waals surface area contributed by atoms with Crippen molar-refractivity contribution in [3.63, 3.8) is 0 Å². The van der Waals surface area contributed by atoms with Gasteiger partial charge in [0.05, 0.1) is 4.91 Å². The maximum absolute atomic E-state index is 13.3. The van der Waals surface area contributed by atoms with E-state index in [1.807, 2.05) is 35.0 Å². The van der Waals surface area contributed by atoms with Crippen LogP contribution in [0.4, 0.5) is 4.39 Å². The Labute approximate surface area is 175 Å². The number of carbonyl (C=O) groups excluding carboxylic acids is 2. The SMILES string of the molecule is CC(=O)NC1=NC(=O)/C(=C/c2cn(Cc3ccc(F)cc3Cl)c3ccccc23)S1. The molecule has 2 aromatic carbocycles. The molecule has 0 saturated carbocycles. The van der Waals surface area contributed by atoms with E-state index >= 15 is 0 Å². The van der Waals surface area contributed by atoms with Gasteiger partial charge >= 0.3 is 0 Å². The molecule has 8 heteroatoms. The standard InChI is InChI=1S/C21H15ClFN3O2S/c1-12(27)24-21-25-20(28)19(29-21)8-14-11-26(18-5-3-2-4-16(14)18)10-13-6-7-15(23)9-17(13)22/h2-9,11H,10H2,1H3,(H,24,25,27,28)/b19-8-. The van der Waals surface area contributed by atoms with E-state index in [1.54, 1.807) is 12.1 Å². The van der Waals surface area contributed by atoms with E-state index in [1.165, 1.54) is 19.1 Å². The number of amides is 2. The first-order chi connectivity index (χ1) is 13.9. The number of aliphatic imine (C=N–C) groups is 1. The van der Waals surface area contributed by atoms with Gasteiger partial charge in [0.25, 0.3) is 5.91 Å². The summed E-state index contributed by atoms with van der Waals surface area (Å²) in [6.45, 7) is 1.82. The largest absolute Gasteiger partial charge is 0.342 e. The Morgan fingerprint density at radius 2 is 2.10 bits per heavy atom. The number of nitrogens with zero attached hydrogens (tertiary/aromatic N) is 2. The van der Waals surface area contributed by atoms with E-state index in [9.17, 15) is 14.0 Å². The summed E-state index contributed by atoms with van der Waals surface area (Å²) in [4.78, 5) is 27.7. The molecular formula is C21H15ClFN3O2S. The number of hydrogen-bond donors (Lipinski definition) is 1. The molecule has 0 unspecified atom stereocenters. The molecule has 1 aromatic heterocycles. The van der Waals surface area contributed by atoms with Crippen molar-refractivity contribution in [2.75, 3.05) is 0 Å². The van der Waals surface area contributed by atoms with Gasteiger partial charge in [-0.25, -0.2) is 4.39 Å². The fourth-order valence-corrected chi connectivity index (χ4v) is 4.19. The van der Waals surface area contributed by atoms with Crippen LogP contribution in [-0.4, -0.2) is 21.5 Å². The van der Waals surface area contributed by atoms with Gasteiger partial charge in [0.15, 0.2) is 5.17 Å². The predicted molar refractivity (Wildman–Crippen MR) is 114 cm³/mol. The van der Waals surface area contributed by atoms with Crippen LogP contribution in [0.15, 0.2) is 58.6 Å². The Hall–Kier alpha value is -2.90. The highest BCUT2D eigenvalue weighted by atomic mass is 35.5. The molecule has 5 nitrogen and oxygen atoms in total. The monoisotopic (exact) mass is 427 g/mol. The average Bonchev–Trinajstić information content (AvgIpc) is 3.18. The van der Waals surface area contributed by atoms with Crippen molar-refractivity contribution in [3.8, 4) is 0 Å². The third-order valence-corrected chi connectivity index (χ3v) is 5.62. The van der Waals surface area contributed by atoms with E-state index in [-0.39, 0.29) is 16.9 Å². The molecule has 2 heterocycles. The zero-order chi connectivity index (χ0) is 20.5. The summed E-state index contributed by atoms with van der Waals surface area (Å²) < 4.78 is 15.3. The Morgan fingerprint density at radius 3 is 2.86 bits per heavy atom. The maximum Gasteiger partial charge on any atom is 0.286 e. The fraction of sp³-hybridized carbons (Fsp3) is 0.0952. The molecule has 0 fully saturated rings. The second-order valence-corrected chi connectivity index (χ2v) is 7.92.